The maximum atomic E-state index is 10.8. The van der Waals surface area contributed by atoms with Gasteiger partial charge in [-0.2, -0.15) is 0 Å². The number of ether oxygens (including phenoxy) is 1. The Balaban J connectivity index is 1.99. The first kappa shape index (κ1) is 15.4. The second-order valence-corrected chi connectivity index (χ2v) is 6.01. The van der Waals surface area contributed by atoms with E-state index in [0.29, 0.717) is 6.42 Å². The maximum Gasteiger partial charge on any atom is 0.306 e. The molecule has 2 rings (SSSR count). The zero-order valence-electron chi connectivity index (χ0n) is 12.1. The maximum absolute atomic E-state index is 10.8. The first-order valence-electron chi connectivity index (χ1n) is 6.72. The molecule has 1 N–H and O–H groups in total. The molecule has 0 bridgehead atoms. The van der Waals surface area contributed by atoms with Crippen LogP contribution in [0.2, 0.25) is 0 Å². The fourth-order valence-corrected chi connectivity index (χ4v) is 2.73. The minimum atomic E-state index is -0.758. The van der Waals surface area contributed by atoms with Crippen molar-refractivity contribution in [2.24, 2.45) is 5.92 Å². The molecule has 4 heteroatoms. The van der Waals surface area contributed by atoms with E-state index in [0.717, 1.165) is 21.1 Å². The summed E-state index contributed by atoms with van der Waals surface area (Å²) < 4.78 is 5.13. The van der Waals surface area contributed by atoms with Crippen LogP contribution in [0.5, 0.6) is 5.75 Å². The standard InChI is InChI=1S/C17H18O3S/c1-12(17(18)19)11-13-3-7-15(8-4-13)21-16-9-5-14(20-2)6-10-16/h3-10,12H,11H2,1-2H3,(H,18,19). The lowest BCUT2D eigenvalue weighted by Crippen LogP contribution is -2.12. The van der Waals surface area contributed by atoms with E-state index in [-0.39, 0.29) is 5.92 Å². The fraction of sp³-hybridized carbons (Fsp3) is 0.235. The molecule has 0 amide bonds. The van der Waals surface area contributed by atoms with Crippen LogP contribution in [0.3, 0.4) is 0 Å². The Morgan fingerprint density at radius 1 is 1.10 bits per heavy atom. The van der Waals surface area contributed by atoms with Gasteiger partial charge in [-0.05, 0) is 48.4 Å². The van der Waals surface area contributed by atoms with Crippen molar-refractivity contribution < 1.29 is 14.6 Å². The third kappa shape index (κ3) is 4.53. The normalized spacial score (nSPS) is 11.9. The van der Waals surface area contributed by atoms with Crippen LogP contribution in [0.25, 0.3) is 0 Å². The van der Waals surface area contributed by atoms with Crippen molar-refractivity contribution in [3.8, 4) is 5.75 Å². The fourth-order valence-electron chi connectivity index (χ4n) is 1.91. The summed E-state index contributed by atoms with van der Waals surface area (Å²) in [6.07, 6.45) is 0.558. The Morgan fingerprint density at radius 2 is 1.62 bits per heavy atom. The second kappa shape index (κ2) is 7.18. The van der Waals surface area contributed by atoms with Gasteiger partial charge in [0.15, 0.2) is 0 Å². The van der Waals surface area contributed by atoms with Crippen LogP contribution in [0.4, 0.5) is 0 Å². The van der Waals surface area contributed by atoms with E-state index in [9.17, 15) is 4.79 Å². The Hall–Kier alpha value is -1.94. The molecule has 21 heavy (non-hydrogen) atoms. The zero-order chi connectivity index (χ0) is 15.2. The molecule has 0 aliphatic heterocycles. The summed E-state index contributed by atoms with van der Waals surface area (Å²) in [5, 5.41) is 8.92. The first-order valence-corrected chi connectivity index (χ1v) is 7.54. The molecular formula is C17H18O3S. The van der Waals surface area contributed by atoms with Crippen molar-refractivity contribution >= 4 is 17.7 Å². The van der Waals surface area contributed by atoms with Crippen LogP contribution < -0.4 is 4.74 Å². The Bertz CT molecular complexity index is 590. The second-order valence-electron chi connectivity index (χ2n) is 4.86. The summed E-state index contributed by atoms with van der Waals surface area (Å²) in [6, 6.07) is 15.9. The molecule has 2 aromatic rings. The number of aliphatic carboxylic acids is 1. The average molecular weight is 302 g/mol. The molecule has 0 saturated heterocycles. The van der Waals surface area contributed by atoms with Gasteiger partial charge in [-0.15, -0.1) is 0 Å². The molecule has 0 fully saturated rings. The third-order valence-electron chi connectivity index (χ3n) is 3.18. The predicted molar refractivity (Wildman–Crippen MR) is 84.1 cm³/mol. The summed E-state index contributed by atoms with van der Waals surface area (Å²) in [5.74, 6) is -0.269. The summed E-state index contributed by atoms with van der Waals surface area (Å²) in [4.78, 5) is 13.1. The number of methoxy groups -OCH3 is 1. The highest BCUT2D eigenvalue weighted by atomic mass is 32.2. The van der Waals surface area contributed by atoms with Crippen molar-refractivity contribution in [2.75, 3.05) is 7.11 Å². The van der Waals surface area contributed by atoms with Crippen molar-refractivity contribution in [1.82, 2.24) is 0 Å². The monoisotopic (exact) mass is 302 g/mol. The molecule has 1 atom stereocenters. The summed E-state index contributed by atoms with van der Waals surface area (Å²) in [7, 11) is 1.65. The highest BCUT2D eigenvalue weighted by Crippen LogP contribution is 2.29. The van der Waals surface area contributed by atoms with Gasteiger partial charge in [-0.3, -0.25) is 4.79 Å². The summed E-state index contributed by atoms with van der Waals surface area (Å²) in [6.45, 7) is 1.72. The lowest BCUT2D eigenvalue weighted by Gasteiger charge is -2.07. The van der Waals surface area contributed by atoms with Crippen LogP contribution in [0, 0.1) is 5.92 Å². The zero-order valence-corrected chi connectivity index (χ0v) is 12.9. The molecule has 0 radical (unpaired) electrons. The molecule has 0 spiro atoms. The van der Waals surface area contributed by atoms with Gasteiger partial charge in [-0.25, -0.2) is 0 Å². The Labute approximate surface area is 129 Å². The van der Waals surface area contributed by atoms with E-state index < -0.39 is 5.97 Å². The molecule has 2 aromatic carbocycles. The average Bonchev–Trinajstić information content (AvgIpc) is 2.50. The summed E-state index contributed by atoms with van der Waals surface area (Å²) in [5.41, 5.74) is 1.05. The van der Waals surface area contributed by atoms with E-state index in [2.05, 4.69) is 0 Å². The van der Waals surface area contributed by atoms with Crippen LogP contribution in [-0.2, 0) is 11.2 Å². The smallest absolute Gasteiger partial charge is 0.306 e. The topological polar surface area (TPSA) is 46.5 Å². The number of carbonyl (C=O) groups is 1. The third-order valence-corrected chi connectivity index (χ3v) is 4.20. The number of carboxylic acids is 1. The van der Waals surface area contributed by atoms with Crippen molar-refractivity contribution in [2.45, 2.75) is 23.1 Å². The largest absolute Gasteiger partial charge is 0.497 e. The summed E-state index contributed by atoms with van der Waals surface area (Å²) >= 11 is 1.67. The highest BCUT2D eigenvalue weighted by Gasteiger charge is 2.11. The van der Waals surface area contributed by atoms with Gasteiger partial charge in [0.25, 0.3) is 0 Å². The van der Waals surface area contributed by atoms with E-state index in [1.54, 1.807) is 25.8 Å². The number of hydrogen-bond donors (Lipinski definition) is 1. The molecular weight excluding hydrogens is 284 g/mol. The predicted octanol–water partition coefficient (Wildman–Crippen LogP) is 4.11. The molecule has 1 unspecified atom stereocenters. The van der Waals surface area contributed by atoms with Crippen molar-refractivity contribution in [3.63, 3.8) is 0 Å². The number of rotatable bonds is 6. The van der Waals surface area contributed by atoms with Crippen LogP contribution >= 0.6 is 11.8 Å². The SMILES string of the molecule is COc1ccc(Sc2ccc(CC(C)C(=O)O)cc2)cc1. The lowest BCUT2D eigenvalue weighted by molar-refractivity contribution is -0.141. The van der Waals surface area contributed by atoms with Crippen molar-refractivity contribution in [1.29, 1.82) is 0 Å². The minimum Gasteiger partial charge on any atom is -0.497 e. The van der Waals surface area contributed by atoms with Gasteiger partial charge in [-0.1, -0.05) is 30.8 Å². The van der Waals surface area contributed by atoms with Gasteiger partial charge < -0.3 is 9.84 Å². The van der Waals surface area contributed by atoms with E-state index in [4.69, 9.17) is 9.84 Å². The molecule has 3 nitrogen and oxygen atoms in total. The molecule has 0 heterocycles. The van der Waals surface area contributed by atoms with Gasteiger partial charge in [0.05, 0.1) is 13.0 Å². The Morgan fingerprint density at radius 3 is 2.10 bits per heavy atom. The molecule has 0 aliphatic carbocycles. The molecule has 110 valence electrons. The number of hydrogen-bond acceptors (Lipinski definition) is 3. The van der Waals surface area contributed by atoms with E-state index >= 15 is 0 Å². The van der Waals surface area contributed by atoms with E-state index in [1.807, 2.05) is 48.5 Å². The molecule has 0 saturated carbocycles. The van der Waals surface area contributed by atoms with Crippen molar-refractivity contribution in [3.05, 3.63) is 54.1 Å². The van der Waals surface area contributed by atoms with Gasteiger partial charge >= 0.3 is 5.97 Å². The van der Waals surface area contributed by atoms with E-state index in [1.165, 1.54) is 0 Å². The lowest BCUT2D eigenvalue weighted by atomic mass is 10.0. The van der Waals surface area contributed by atoms with Gasteiger partial charge in [0, 0.05) is 9.79 Å². The number of benzene rings is 2. The molecule has 0 aromatic heterocycles. The number of carboxylic acid groups (broad SMARTS) is 1. The van der Waals surface area contributed by atoms with Gasteiger partial charge in [0.1, 0.15) is 5.75 Å². The molecule has 0 aliphatic rings. The minimum absolute atomic E-state index is 0.356. The van der Waals surface area contributed by atoms with Crippen LogP contribution in [0.15, 0.2) is 58.3 Å². The first-order chi connectivity index (χ1) is 10.1. The van der Waals surface area contributed by atoms with Gasteiger partial charge in [0.2, 0.25) is 0 Å². The van der Waals surface area contributed by atoms with Crippen LogP contribution in [0.1, 0.15) is 12.5 Å². The quantitative estimate of drug-likeness (QED) is 0.872. The Kier molecular flexibility index (Phi) is 5.28. The van der Waals surface area contributed by atoms with Crippen LogP contribution in [-0.4, -0.2) is 18.2 Å². The highest BCUT2D eigenvalue weighted by molar-refractivity contribution is 7.99.